The average Bonchev–Trinajstić information content (AvgIpc) is 3.50. The molecule has 0 fully saturated rings. The molecule has 0 aliphatic heterocycles. The minimum atomic E-state index is -0.265. The third-order valence-electron chi connectivity index (χ3n) is 4.80. The molecular weight excluding hydrogens is 406 g/mol. The standard InChI is InChI=1S/C24H23N5O3/c1-18-8-6-11-20(16-18)32-15-13-28(2)24(30)22(17-21-12-7-14-31-21)29-23(25-26-27-29)19-9-4-3-5-10-19/h3-12,14,16-17H,13,15H2,1-2H3/b22-17-. The highest BCUT2D eigenvalue weighted by molar-refractivity contribution is 6.18. The van der Waals surface area contributed by atoms with Gasteiger partial charge < -0.3 is 14.1 Å². The van der Waals surface area contributed by atoms with Crippen LogP contribution in [0.2, 0.25) is 0 Å². The number of likely N-dealkylation sites (N-methyl/N-ethyl adjacent to an activating group) is 1. The Kier molecular flexibility index (Phi) is 6.41. The minimum absolute atomic E-state index is 0.265. The van der Waals surface area contributed by atoms with Crippen molar-refractivity contribution >= 4 is 17.7 Å². The van der Waals surface area contributed by atoms with Gasteiger partial charge in [0.25, 0.3) is 5.91 Å². The van der Waals surface area contributed by atoms with Crippen molar-refractivity contribution in [2.45, 2.75) is 6.92 Å². The van der Waals surface area contributed by atoms with Gasteiger partial charge >= 0.3 is 0 Å². The maximum Gasteiger partial charge on any atom is 0.272 e. The summed E-state index contributed by atoms with van der Waals surface area (Å²) in [5.41, 5.74) is 2.17. The van der Waals surface area contributed by atoms with Crippen molar-refractivity contribution in [3.8, 4) is 17.1 Å². The number of carbonyl (C=O) groups excluding carboxylic acids is 1. The second-order valence-electron chi connectivity index (χ2n) is 7.22. The first-order chi connectivity index (χ1) is 15.6. The quantitative estimate of drug-likeness (QED) is 0.396. The Bertz CT molecular complexity index is 1200. The number of rotatable bonds is 8. The molecular formula is C24H23N5O3. The largest absolute Gasteiger partial charge is 0.492 e. The van der Waals surface area contributed by atoms with Gasteiger partial charge in [0.05, 0.1) is 12.8 Å². The van der Waals surface area contributed by atoms with Crippen molar-refractivity contribution in [2.24, 2.45) is 0 Å². The molecule has 8 nitrogen and oxygen atoms in total. The molecule has 0 bridgehead atoms. The number of aryl methyl sites for hydroxylation is 1. The Labute approximate surface area is 185 Å². The van der Waals surface area contributed by atoms with E-state index in [1.807, 2.05) is 61.5 Å². The van der Waals surface area contributed by atoms with Crippen molar-refractivity contribution in [1.82, 2.24) is 25.1 Å². The zero-order valence-corrected chi connectivity index (χ0v) is 17.9. The van der Waals surface area contributed by atoms with Crippen molar-refractivity contribution in [3.63, 3.8) is 0 Å². The Balaban J connectivity index is 1.56. The van der Waals surface area contributed by atoms with Gasteiger partial charge in [0, 0.05) is 18.7 Å². The lowest BCUT2D eigenvalue weighted by Gasteiger charge is -2.19. The number of furan rings is 1. The van der Waals surface area contributed by atoms with E-state index in [4.69, 9.17) is 9.15 Å². The number of hydrogen-bond acceptors (Lipinski definition) is 6. The summed E-state index contributed by atoms with van der Waals surface area (Å²) in [6.07, 6.45) is 3.17. The number of aromatic nitrogens is 4. The zero-order valence-electron chi connectivity index (χ0n) is 17.9. The summed E-state index contributed by atoms with van der Waals surface area (Å²) in [6.45, 7) is 2.73. The lowest BCUT2D eigenvalue weighted by molar-refractivity contribution is -0.124. The maximum atomic E-state index is 13.4. The van der Waals surface area contributed by atoms with Crippen LogP contribution in [-0.2, 0) is 4.79 Å². The van der Waals surface area contributed by atoms with Crippen LogP contribution >= 0.6 is 0 Å². The molecule has 0 aliphatic carbocycles. The molecule has 32 heavy (non-hydrogen) atoms. The molecule has 0 aliphatic rings. The molecule has 1 amide bonds. The van der Waals surface area contributed by atoms with E-state index in [1.165, 1.54) is 4.68 Å². The monoisotopic (exact) mass is 429 g/mol. The molecule has 0 saturated carbocycles. The van der Waals surface area contributed by atoms with Crippen LogP contribution in [-0.4, -0.2) is 51.2 Å². The van der Waals surface area contributed by atoms with Crippen LogP contribution in [0.15, 0.2) is 77.4 Å². The number of nitrogens with zero attached hydrogens (tertiary/aromatic N) is 5. The van der Waals surface area contributed by atoms with E-state index >= 15 is 0 Å². The fourth-order valence-corrected chi connectivity index (χ4v) is 3.14. The smallest absolute Gasteiger partial charge is 0.272 e. The van der Waals surface area contributed by atoms with Gasteiger partial charge in [0.15, 0.2) is 5.82 Å². The highest BCUT2D eigenvalue weighted by atomic mass is 16.5. The summed E-state index contributed by atoms with van der Waals surface area (Å²) in [7, 11) is 1.71. The second kappa shape index (κ2) is 9.74. The van der Waals surface area contributed by atoms with Crippen LogP contribution in [0.3, 0.4) is 0 Å². The number of hydrogen-bond donors (Lipinski definition) is 0. The fourth-order valence-electron chi connectivity index (χ4n) is 3.14. The van der Waals surface area contributed by atoms with Crippen molar-refractivity contribution in [1.29, 1.82) is 0 Å². The molecule has 0 saturated heterocycles. The van der Waals surface area contributed by atoms with Crippen LogP contribution in [0, 0.1) is 6.92 Å². The summed E-state index contributed by atoms with van der Waals surface area (Å²) in [5.74, 6) is 1.48. The van der Waals surface area contributed by atoms with Crippen LogP contribution in [0.1, 0.15) is 11.3 Å². The normalized spacial score (nSPS) is 11.4. The van der Waals surface area contributed by atoms with Crippen LogP contribution in [0.5, 0.6) is 5.75 Å². The van der Waals surface area contributed by atoms with E-state index < -0.39 is 0 Å². The van der Waals surface area contributed by atoms with E-state index in [-0.39, 0.29) is 11.6 Å². The molecule has 4 aromatic rings. The average molecular weight is 429 g/mol. The Hall–Kier alpha value is -4.20. The van der Waals surface area contributed by atoms with Crippen molar-refractivity contribution in [3.05, 3.63) is 84.3 Å². The molecule has 2 heterocycles. The Morgan fingerprint density at radius 2 is 1.97 bits per heavy atom. The topological polar surface area (TPSA) is 86.3 Å². The first-order valence-corrected chi connectivity index (χ1v) is 10.2. The predicted octanol–water partition coefficient (Wildman–Crippen LogP) is 3.78. The lowest BCUT2D eigenvalue weighted by atomic mass is 10.2. The Morgan fingerprint density at radius 1 is 1.12 bits per heavy atom. The third kappa shape index (κ3) is 4.92. The number of benzene rings is 2. The number of carbonyl (C=O) groups is 1. The van der Waals surface area contributed by atoms with E-state index in [0.29, 0.717) is 24.7 Å². The summed E-state index contributed by atoms with van der Waals surface area (Å²) < 4.78 is 12.7. The highest BCUT2D eigenvalue weighted by Crippen LogP contribution is 2.22. The van der Waals surface area contributed by atoms with Crippen molar-refractivity contribution in [2.75, 3.05) is 20.2 Å². The molecule has 0 unspecified atom stereocenters. The molecule has 162 valence electrons. The van der Waals surface area contributed by atoms with Gasteiger partial charge in [-0.15, -0.1) is 5.10 Å². The van der Waals surface area contributed by atoms with Crippen LogP contribution in [0.25, 0.3) is 23.2 Å². The zero-order chi connectivity index (χ0) is 22.3. The van der Waals surface area contributed by atoms with Gasteiger partial charge in [-0.2, -0.15) is 4.68 Å². The Morgan fingerprint density at radius 3 is 2.72 bits per heavy atom. The number of tetrazole rings is 1. The molecule has 0 spiro atoms. The summed E-state index contributed by atoms with van der Waals surface area (Å²) in [4.78, 5) is 15.0. The highest BCUT2D eigenvalue weighted by Gasteiger charge is 2.22. The van der Waals surface area contributed by atoms with Gasteiger partial charge in [-0.3, -0.25) is 4.79 Å². The van der Waals surface area contributed by atoms with Gasteiger partial charge in [-0.1, -0.05) is 42.5 Å². The molecule has 4 rings (SSSR count). The first kappa shape index (κ1) is 21.0. The first-order valence-electron chi connectivity index (χ1n) is 10.2. The van der Waals surface area contributed by atoms with E-state index in [0.717, 1.165) is 16.9 Å². The van der Waals surface area contributed by atoms with E-state index in [2.05, 4.69) is 15.5 Å². The van der Waals surface area contributed by atoms with Crippen molar-refractivity contribution < 1.29 is 13.9 Å². The fraction of sp³-hybridized carbons (Fsp3) is 0.167. The SMILES string of the molecule is Cc1cccc(OCCN(C)C(=O)/C(=C/c2ccco2)n2nnnc2-c2ccccc2)c1. The minimum Gasteiger partial charge on any atom is -0.492 e. The molecule has 8 heteroatoms. The molecule has 2 aromatic carbocycles. The molecule has 0 N–H and O–H groups in total. The van der Waals surface area contributed by atoms with Crippen LogP contribution in [0.4, 0.5) is 0 Å². The molecule has 0 atom stereocenters. The summed E-state index contributed by atoms with van der Waals surface area (Å²) in [6, 6.07) is 20.8. The van der Waals surface area contributed by atoms with Gasteiger partial charge in [0.1, 0.15) is 23.8 Å². The maximum absolute atomic E-state index is 13.4. The van der Waals surface area contributed by atoms with Gasteiger partial charge in [-0.25, -0.2) is 0 Å². The number of amides is 1. The lowest BCUT2D eigenvalue weighted by Crippen LogP contribution is -2.33. The summed E-state index contributed by atoms with van der Waals surface area (Å²) >= 11 is 0. The predicted molar refractivity (Wildman–Crippen MR) is 120 cm³/mol. The van der Waals surface area contributed by atoms with Gasteiger partial charge in [0.2, 0.25) is 0 Å². The number of ether oxygens (including phenoxy) is 1. The molecule has 2 aromatic heterocycles. The van der Waals surface area contributed by atoms with E-state index in [1.54, 1.807) is 36.4 Å². The van der Waals surface area contributed by atoms with Gasteiger partial charge in [-0.05, 0) is 47.2 Å². The van der Waals surface area contributed by atoms with Crippen LogP contribution < -0.4 is 4.74 Å². The third-order valence-corrected chi connectivity index (χ3v) is 4.80. The molecule has 0 radical (unpaired) electrons. The van der Waals surface area contributed by atoms with E-state index in [9.17, 15) is 4.79 Å². The second-order valence-corrected chi connectivity index (χ2v) is 7.22. The summed E-state index contributed by atoms with van der Waals surface area (Å²) in [5, 5.41) is 12.0.